The SMILES string of the molecule is CCCSc1nc(N)c(C#N)c(-c2ccc(OCc3ccccc3)cc2)c1C#N. The van der Waals surface area contributed by atoms with Gasteiger partial charge in [-0.3, -0.25) is 0 Å². The van der Waals surface area contributed by atoms with Gasteiger partial charge in [-0.15, -0.1) is 11.8 Å². The standard InChI is InChI=1S/C23H20N4OS/c1-2-12-29-23-20(14-25)21(19(13-24)22(26)27-23)17-8-10-18(11-9-17)28-15-16-6-4-3-5-7-16/h3-11H,2,12,15H2,1H3,(H2,26,27). The van der Waals surface area contributed by atoms with Crippen LogP contribution in [0.4, 0.5) is 5.82 Å². The zero-order chi connectivity index (χ0) is 20.6. The highest BCUT2D eigenvalue weighted by atomic mass is 32.2. The topological polar surface area (TPSA) is 95.7 Å². The van der Waals surface area contributed by atoms with Gasteiger partial charge in [0.25, 0.3) is 0 Å². The third-order valence-corrected chi connectivity index (χ3v) is 5.43. The minimum Gasteiger partial charge on any atom is -0.489 e. The highest BCUT2D eigenvalue weighted by Gasteiger charge is 2.20. The van der Waals surface area contributed by atoms with Crippen molar-refractivity contribution in [2.45, 2.75) is 25.0 Å². The van der Waals surface area contributed by atoms with E-state index in [9.17, 15) is 10.5 Å². The summed E-state index contributed by atoms with van der Waals surface area (Å²) in [6.07, 6.45) is 0.944. The molecular formula is C23H20N4OS. The minimum absolute atomic E-state index is 0.143. The predicted octanol–water partition coefficient (Wildman–Crippen LogP) is 5.16. The van der Waals surface area contributed by atoms with Gasteiger partial charge in [0.1, 0.15) is 40.9 Å². The molecule has 0 bridgehead atoms. The van der Waals surface area contributed by atoms with E-state index < -0.39 is 0 Å². The van der Waals surface area contributed by atoms with Crippen LogP contribution in [0.5, 0.6) is 5.75 Å². The van der Waals surface area contributed by atoms with Crippen LogP contribution in [-0.4, -0.2) is 10.7 Å². The third-order valence-electron chi connectivity index (χ3n) is 4.25. The summed E-state index contributed by atoms with van der Waals surface area (Å²) in [7, 11) is 0. The van der Waals surface area contributed by atoms with Crippen LogP contribution >= 0.6 is 11.8 Å². The molecule has 3 aromatic rings. The van der Waals surface area contributed by atoms with Crippen molar-refractivity contribution in [2.24, 2.45) is 0 Å². The Hall–Kier alpha value is -3.48. The van der Waals surface area contributed by atoms with Gasteiger partial charge >= 0.3 is 0 Å². The van der Waals surface area contributed by atoms with Crippen molar-refractivity contribution >= 4 is 17.6 Å². The van der Waals surface area contributed by atoms with Crippen LogP contribution in [0, 0.1) is 22.7 Å². The summed E-state index contributed by atoms with van der Waals surface area (Å²) in [5, 5.41) is 19.9. The number of hydrogen-bond acceptors (Lipinski definition) is 6. The van der Waals surface area contributed by atoms with Crippen LogP contribution in [0.2, 0.25) is 0 Å². The molecule has 0 radical (unpaired) electrons. The first-order valence-corrected chi connectivity index (χ1v) is 10.2. The molecule has 29 heavy (non-hydrogen) atoms. The average Bonchev–Trinajstić information content (AvgIpc) is 2.76. The quantitative estimate of drug-likeness (QED) is 0.551. The lowest BCUT2D eigenvalue weighted by atomic mass is 9.97. The van der Waals surface area contributed by atoms with Gasteiger partial charge in [0.15, 0.2) is 0 Å². The van der Waals surface area contributed by atoms with Crippen LogP contribution in [0.3, 0.4) is 0 Å². The zero-order valence-corrected chi connectivity index (χ0v) is 16.9. The Kier molecular flexibility index (Phi) is 6.73. The Morgan fingerprint density at radius 1 is 1.00 bits per heavy atom. The van der Waals surface area contributed by atoms with Crippen LogP contribution < -0.4 is 10.5 Å². The van der Waals surface area contributed by atoms with Crippen molar-refractivity contribution in [3.8, 4) is 29.0 Å². The van der Waals surface area contributed by atoms with Crippen molar-refractivity contribution in [1.82, 2.24) is 4.98 Å². The van der Waals surface area contributed by atoms with Gasteiger partial charge in [0.2, 0.25) is 0 Å². The van der Waals surface area contributed by atoms with Gasteiger partial charge in [0.05, 0.1) is 5.56 Å². The molecule has 0 amide bonds. The van der Waals surface area contributed by atoms with Crippen molar-refractivity contribution in [1.29, 1.82) is 10.5 Å². The number of nitriles is 2. The van der Waals surface area contributed by atoms with Crippen molar-refractivity contribution in [3.63, 3.8) is 0 Å². The van der Waals surface area contributed by atoms with Crippen LogP contribution in [0.25, 0.3) is 11.1 Å². The predicted molar refractivity (Wildman–Crippen MR) is 115 cm³/mol. The number of nitrogens with zero attached hydrogens (tertiary/aromatic N) is 3. The lowest BCUT2D eigenvalue weighted by Gasteiger charge is -2.13. The van der Waals surface area contributed by atoms with Crippen molar-refractivity contribution in [2.75, 3.05) is 11.5 Å². The fourth-order valence-electron chi connectivity index (χ4n) is 2.85. The largest absolute Gasteiger partial charge is 0.489 e. The van der Waals surface area contributed by atoms with E-state index in [2.05, 4.69) is 24.0 Å². The molecule has 0 spiro atoms. The summed E-state index contributed by atoms with van der Waals surface area (Å²) >= 11 is 1.47. The number of aromatic nitrogens is 1. The molecule has 144 valence electrons. The Balaban J connectivity index is 1.94. The van der Waals surface area contributed by atoms with Crippen LogP contribution in [0.1, 0.15) is 30.0 Å². The molecule has 0 aliphatic rings. The third kappa shape index (κ3) is 4.68. The first-order chi connectivity index (χ1) is 14.2. The highest BCUT2D eigenvalue weighted by molar-refractivity contribution is 7.99. The lowest BCUT2D eigenvalue weighted by Crippen LogP contribution is -2.03. The monoisotopic (exact) mass is 400 g/mol. The maximum absolute atomic E-state index is 9.76. The molecule has 2 aromatic carbocycles. The van der Waals surface area contributed by atoms with Gasteiger partial charge in [-0.05, 0) is 35.4 Å². The van der Waals surface area contributed by atoms with E-state index in [0.717, 1.165) is 23.3 Å². The summed E-state index contributed by atoms with van der Waals surface area (Å²) in [6, 6.07) is 21.6. The Labute approximate surface area is 174 Å². The minimum atomic E-state index is 0.143. The van der Waals surface area contributed by atoms with E-state index in [-0.39, 0.29) is 11.4 Å². The molecule has 5 nitrogen and oxygen atoms in total. The first kappa shape index (κ1) is 20.3. The summed E-state index contributed by atoms with van der Waals surface area (Å²) < 4.78 is 5.83. The van der Waals surface area contributed by atoms with E-state index in [1.54, 1.807) is 0 Å². The maximum Gasteiger partial charge on any atom is 0.143 e. The van der Waals surface area contributed by atoms with Crippen LogP contribution in [0.15, 0.2) is 59.6 Å². The molecule has 2 N–H and O–H groups in total. The first-order valence-electron chi connectivity index (χ1n) is 9.21. The smallest absolute Gasteiger partial charge is 0.143 e. The molecule has 6 heteroatoms. The number of ether oxygens (including phenoxy) is 1. The Morgan fingerprint density at radius 2 is 1.69 bits per heavy atom. The maximum atomic E-state index is 9.76. The van der Waals surface area contributed by atoms with E-state index in [1.165, 1.54) is 11.8 Å². The summed E-state index contributed by atoms with van der Waals surface area (Å²) in [6.45, 7) is 2.52. The molecule has 3 rings (SSSR count). The normalized spacial score (nSPS) is 10.2. The number of pyridine rings is 1. The molecule has 0 aliphatic heterocycles. The molecule has 0 unspecified atom stereocenters. The zero-order valence-electron chi connectivity index (χ0n) is 16.1. The molecular weight excluding hydrogens is 380 g/mol. The number of nitrogen functional groups attached to an aromatic ring is 1. The van der Waals surface area contributed by atoms with Gasteiger partial charge in [-0.25, -0.2) is 4.98 Å². The molecule has 0 aliphatic carbocycles. The fraction of sp³-hybridized carbons (Fsp3) is 0.174. The molecule has 0 saturated carbocycles. The fourth-order valence-corrected chi connectivity index (χ4v) is 3.70. The lowest BCUT2D eigenvalue weighted by molar-refractivity contribution is 0.306. The van der Waals surface area contributed by atoms with E-state index in [4.69, 9.17) is 10.5 Å². The molecule has 0 fully saturated rings. The van der Waals surface area contributed by atoms with E-state index in [1.807, 2.05) is 54.6 Å². The van der Waals surface area contributed by atoms with Crippen LogP contribution in [-0.2, 0) is 6.61 Å². The molecule has 1 aromatic heterocycles. The molecule has 0 atom stereocenters. The van der Waals surface area contributed by atoms with Gasteiger partial charge in [0, 0.05) is 5.56 Å². The average molecular weight is 401 g/mol. The van der Waals surface area contributed by atoms with E-state index >= 15 is 0 Å². The summed E-state index contributed by atoms with van der Waals surface area (Å²) in [4.78, 5) is 4.29. The van der Waals surface area contributed by atoms with E-state index in [0.29, 0.717) is 28.5 Å². The van der Waals surface area contributed by atoms with Crippen molar-refractivity contribution < 1.29 is 4.74 Å². The number of thioether (sulfide) groups is 1. The van der Waals surface area contributed by atoms with Gasteiger partial charge in [-0.1, -0.05) is 49.4 Å². The highest BCUT2D eigenvalue weighted by Crippen LogP contribution is 2.36. The second kappa shape index (κ2) is 9.64. The number of rotatable bonds is 7. The molecule has 0 saturated heterocycles. The number of hydrogen-bond donors (Lipinski definition) is 1. The summed E-state index contributed by atoms with van der Waals surface area (Å²) in [5.74, 6) is 1.67. The van der Waals surface area contributed by atoms with Gasteiger partial charge in [-0.2, -0.15) is 10.5 Å². The van der Waals surface area contributed by atoms with Crippen molar-refractivity contribution in [3.05, 3.63) is 71.3 Å². The Bertz CT molecular complexity index is 1070. The number of anilines is 1. The second-order valence-corrected chi connectivity index (χ2v) is 7.38. The number of benzene rings is 2. The second-order valence-electron chi connectivity index (χ2n) is 6.30. The van der Waals surface area contributed by atoms with Gasteiger partial charge < -0.3 is 10.5 Å². The molecule has 1 heterocycles. The summed E-state index contributed by atoms with van der Waals surface area (Å²) in [5.41, 5.74) is 8.97. The number of nitrogens with two attached hydrogens (primary N) is 1. The Morgan fingerprint density at radius 3 is 2.31 bits per heavy atom.